The first-order chi connectivity index (χ1) is 12.6. The second-order valence-electron chi connectivity index (χ2n) is 6.14. The molecule has 7 heteroatoms. The molecule has 1 fully saturated rings. The lowest BCUT2D eigenvalue weighted by Crippen LogP contribution is -2.48. The Morgan fingerprint density at radius 3 is 2.62 bits per heavy atom. The van der Waals surface area contributed by atoms with E-state index in [1.165, 1.54) is 0 Å². The molecule has 138 valence electrons. The SMILES string of the molecule is COc1ccc(Cl)cc1NC(=O)CN1CCN(c2ccccc2O)CC1. The molecule has 26 heavy (non-hydrogen) atoms. The Labute approximate surface area is 157 Å². The van der Waals surface area contributed by atoms with Gasteiger partial charge in [0.25, 0.3) is 0 Å². The van der Waals surface area contributed by atoms with Crippen LogP contribution in [-0.4, -0.2) is 55.7 Å². The molecule has 3 rings (SSSR count). The molecule has 1 aliphatic heterocycles. The number of hydrogen-bond donors (Lipinski definition) is 2. The maximum Gasteiger partial charge on any atom is 0.238 e. The molecule has 1 heterocycles. The van der Waals surface area contributed by atoms with Crippen LogP contribution in [0.3, 0.4) is 0 Å². The number of hydrogen-bond acceptors (Lipinski definition) is 5. The highest BCUT2D eigenvalue weighted by atomic mass is 35.5. The Bertz CT molecular complexity index is 776. The number of carbonyl (C=O) groups is 1. The zero-order chi connectivity index (χ0) is 18.5. The molecule has 1 aliphatic rings. The van der Waals surface area contributed by atoms with Crippen LogP contribution in [0.4, 0.5) is 11.4 Å². The minimum absolute atomic E-state index is 0.110. The van der Waals surface area contributed by atoms with E-state index in [1.54, 1.807) is 31.4 Å². The number of methoxy groups -OCH3 is 1. The van der Waals surface area contributed by atoms with E-state index in [-0.39, 0.29) is 11.7 Å². The molecule has 6 nitrogen and oxygen atoms in total. The third-order valence-corrected chi connectivity index (χ3v) is 4.63. The number of piperazine rings is 1. The monoisotopic (exact) mass is 375 g/mol. The van der Waals surface area contributed by atoms with E-state index in [4.69, 9.17) is 16.3 Å². The van der Waals surface area contributed by atoms with Gasteiger partial charge in [-0.1, -0.05) is 23.7 Å². The predicted molar refractivity (Wildman–Crippen MR) is 103 cm³/mol. The smallest absolute Gasteiger partial charge is 0.238 e. The topological polar surface area (TPSA) is 65.0 Å². The van der Waals surface area contributed by atoms with Crippen LogP contribution in [-0.2, 0) is 4.79 Å². The highest BCUT2D eigenvalue weighted by molar-refractivity contribution is 6.31. The van der Waals surface area contributed by atoms with E-state index in [1.807, 2.05) is 18.2 Å². The van der Waals surface area contributed by atoms with E-state index in [2.05, 4.69) is 15.1 Å². The number of aromatic hydroxyl groups is 1. The fourth-order valence-corrected chi connectivity index (χ4v) is 3.22. The summed E-state index contributed by atoms with van der Waals surface area (Å²) in [7, 11) is 1.55. The standard InChI is InChI=1S/C19H22ClN3O3/c1-26-18-7-6-14(20)12-15(18)21-19(25)13-22-8-10-23(11-9-22)16-4-2-3-5-17(16)24/h2-7,12,24H,8-11,13H2,1H3,(H,21,25). The fraction of sp³-hybridized carbons (Fsp3) is 0.316. The van der Waals surface area contributed by atoms with Crippen molar-refractivity contribution >= 4 is 28.9 Å². The van der Waals surface area contributed by atoms with Crippen molar-refractivity contribution in [1.82, 2.24) is 4.90 Å². The van der Waals surface area contributed by atoms with Crippen LogP contribution in [0, 0.1) is 0 Å². The van der Waals surface area contributed by atoms with Gasteiger partial charge in [-0.2, -0.15) is 0 Å². The Morgan fingerprint density at radius 1 is 1.19 bits per heavy atom. The summed E-state index contributed by atoms with van der Waals surface area (Å²) in [5.74, 6) is 0.750. The Balaban J connectivity index is 1.54. The number of ether oxygens (including phenoxy) is 1. The zero-order valence-corrected chi connectivity index (χ0v) is 15.4. The number of nitrogens with zero attached hydrogens (tertiary/aromatic N) is 2. The number of para-hydroxylation sites is 2. The molecule has 0 bridgehead atoms. The van der Waals surface area contributed by atoms with E-state index < -0.39 is 0 Å². The number of nitrogens with one attached hydrogen (secondary N) is 1. The maximum absolute atomic E-state index is 12.4. The second-order valence-corrected chi connectivity index (χ2v) is 6.58. The van der Waals surface area contributed by atoms with Gasteiger partial charge in [0.05, 0.1) is 25.0 Å². The van der Waals surface area contributed by atoms with Crippen molar-refractivity contribution in [2.45, 2.75) is 0 Å². The minimum Gasteiger partial charge on any atom is -0.506 e. The zero-order valence-electron chi connectivity index (χ0n) is 14.6. The van der Waals surface area contributed by atoms with Crippen molar-refractivity contribution in [1.29, 1.82) is 0 Å². The molecule has 0 radical (unpaired) electrons. The summed E-state index contributed by atoms with van der Waals surface area (Å²) >= 11 is 5.99. The van der Waals surface area contributed by atoms with Crippen LogP contribution < -0.4 is 15.0 Å². The summed E-state index contributed by atoms with van der Waals surface area (Å²) in [6.45, 7) is 3.30. The molecule has 0 atom stereocenters. The minimum atomic E-state index is -0.110. The summed E-state index contributed by atoms with van der Waals surface area (Å²) in [5, 5.41) is 13.4. The number of rotatable bonds is 5. The molecule has 0 aliphatic carbocycles. The second kappa shape index (κ2) is 8.29. The predicted octanol–water partition coefficient (Wildman–Crippen LogP) is 2.81. The average Bonchev–Trinajstić information content (AvgIpc) is 2.63. The number of benzene rings is 2. The molecule has 0 unspecified atom stereocenters. The van der Waals surface area contributed by atoms with Gasteiger partial charge in [-0.05, 0) is 30.3 Å². The number of carbonyl (C=O) groups excluding carboxylic acids is 1. The molecular formula is C19H22ClN3O3. The summed E-state index contributed by atoms with van der Waals surface area (Å²) < 4.78 is 5.25. The van der Waals surface area contributed by atoms with Gasteiger partial charge in [-0.15, -0.1) is 0 Å². The third-order valence-electron chi connectivity index (χ3n) is 4.40. The lowest BCUT2D eigenvalue weighted by molar-refractivity contribution is -0.117. The molecule has 2 N–H and O–H groups in total. The number of amides is 1. The molecule has 2 aromatic rings. The van der Waals surface area contributed by atoms with Crippen molar-refractivity contribution in [2.24, 2.45) is 0 Å². The molecule has 1 saturated heterocycles. The molecule has 0 aromatic heterocycles. The van der Waals surface area contributed by atoms with Crippen molar-refractivity contribution in [3.8, 4) is 11.5 Å². The van der Waals surface area contributed by atoms with Crippen LogP contribution in [0.5, 0.6) is 11.5 Å². The summed E-state index contributed by atoms with van der Waals surface area (Å²) in [6, 6.07) is 12.4. The number of halogens is 1. The van der Waals surface area contributed by atoms with Gasteiger partial charge >= 0.3 is 0 Å². The van der Waals surface area contributed by atoms with Gasteiger partial charge in [0.2, 0.25) is 5.91 Å². The first kappa shape index (κ1) is 18.4. The van der Waals surface area contributed by atoms with Crippen LogP contribution in [0.15, 0.2) is 42.5 Å². The van der Waals surface area contributed by atoms with Crippen LogP contribution in [0.25, 0.3) is 0 Å². The Morgan fingerprint density at radius 2 is 1.92 bits per heavy atom. The van der Waals surface area contributed by atoms with Gasteiger partial charge < -0.3 is 20.1 Å². The lowest BCUT2D eigenvalue weighted by Gasteiger charge is -2.35. The van der Waals surface area contributed by atoms with E-state index in [0.717, 1.165) is 31.9 Å². The van der Waals surface area contributed by atoms with Crippen molar-refractivity contribution < 1.29 is 14.6 Å². The van der Waals surface area contributed by atoms with Gasteiger partial charge in [-0.3, -0.25) is 9.69 Å². The normalized spacial score (nSPS) is 14.9. The lowest BCUT2D eigenvalue weighted by atomic mass is 10.2. The fourth-order valence-electron chi connectivity index (χ4n) is 3.05. The van der Waals surface area contributed by atoms with Gasteiger partial charge in [0.1, 0.15) is 11.5 Å². The maximum atomic E-state index is 12.4. The van der Waals surface area contributed by atoms with Gasteiger partial charge in [0, 0.05) is 31.2 Å². The van der Waals surface area contributed by atoms with Gasteiger partial charge in [0.15, 0.2) is 0 Å². The van der Waals surface area contributed by atoms with Crippen molar-refractivity contribution in [3.63, 3.8) is 0 Å². The quantitative estimate of drug-likeness (QED) is 0.841. The first-order valence-corrected chi connectivity index (χ1v) is 8.83. The molecule has 0 saturated carbocycles. The number of phenolic OH excluding ortho intramolecular Hbond substituents is 1. The average molecular weight is 376 g/mol. The molecule has 0 spiro atoms. The van der Waals surface area contributed by atoms with Crippen LogP contribution in [0.1, 0.15) is 0 Å². The van der Waals surface area contributed by atoms with Crippen molar-refractivity contribution in [2.75, 3.05) is 50.1 Å². The van der Waals surface area contributed by atoms with Gasteiger partial charge in [-0.25, -0.2) is 0 Å². The Kier molecular flexibility index (Phi) is 5.85. The highest BCUT2D eigenvalue weighted by Gasteiger charge is 2.21. The molecular weight excluding hydrogens is 354 g/mol. The van der Waals surface area contributed by atoms with E-state index in [0.29, 0.717) is 23.0 Å². The Hall–Kier alpha value is -2.44. The number of phenols is 1. The summed E-state index contributed by atoms with van der Waals surface area (Å²) in [5.41, 5.74) is 1.40. The molecule has 1 amide bonds. The van der Waals surface area contributed by atoms with Crippen LogP contribution in [0.2, 0.25) is 5.02 Å². The summed E-state index contributed by atoms with van der Waals surface area (Å²) in [4.78, 5) is 16.6. The van der Waals surface area contributed by atoms with E-state index >= 15 is 0 Å². The highest BCUT2D eigenvalue weighted by Crippen LogP contribution is 2.28. The largest absolute Gasteiger partial charge is 0.506 e. The number of anilines is 2. The van der Waals surface area contributed by atoms with E-state index in [9.17, 15) is 9.90 Å². The van der Waals surface area contributed by atoms with Crippen molar-refractivity contribution in [3.05, 3.63) is 47.5 Å². The first-order valence-electron chi connectivity index (χ1n) is 8.45. The summed E-state index contributed by atoms with van der Waals surface area (Å²) in [6.07, 6.45) is 0. The molecule has 2 aromatic carbocycles. The van der Waals surface area contributed by atoms with Crippen LogP contribution >= 0.6 is 11.6 Å². The third kappa shape index (κ3) is 4.39.